The summed E-state index contributed by atoms with van der Waals surface area (Å²) in [6, 6.07) is 3.04. The fraction of sp³-hybridized carbons (Fsp3) is 0.500. The summed E-state index contributed by atoms with van der Waals surface area (Å²) >= 11 is 0. The van der Waals surface area contributed by atoms with Gasteiger partial charge in [-0.3, -0.25) is 9.59 Å². The summed E-state index contributed by atoms with van der Waals surface area (Å²) < 4.78 is 0. The van der Waals surface area contributed by atoms with Crippen LogP contribution in [0.25, 0.3) is 0 Å². The lowest BCUT2D eigenvalue weighted by Crippen LogP contribution is -2.43. The molecule has 0 aliphatic carbocycles. The Hall–Kier alpha value is -1.66. The lowest BCUT2D eigenvalue weighted by Gasteiger charge is -2.28. The van der Waals surface area contributed by atoms with E-state index in [9.17, 15) is 14.7 Å². The van der Waals surface area contributed by atoms with Crippen molar-refractivity contribution in [3.63, 3.8) is 0 Å². The number of Topliss-reactive ketones (excluding diaryl/α,β-unsaturated/α-hetero) is 1. The number of aliphatic hydroxyl groups excluding tert-OH is 2. The van der Waals surface area contributed by atoms with Crippen molar-refractivity contribution in [2.75, 3.05) is 6.61 Å². The SMILES string of the molecule is CC(C)(CO)C(O)C(=O)C(C(=O)O)c1ccc[nH]1. The molecule has 0 bridgehead atoms. The number of nitrogens with one attached hydrogen (secondary N) is 1. The van der Waals surface area contributed by atoms with Gasteiger partial charge in [0.15, 0.2) is 11.7 Å². The fourth-order valence-corrected chi connectivity index (χ4v) is 1.56. The highest BCUT2D eigenvalue weighted by Gasteiger charge is 2.40. The molecule has 1 aromatic heterocycles. The number of H-pyrrole nitrogens is 1. The second-order valence-corrected chi connectivity index (χ2v) is 4.85. The Kier molecular flexibility index (Phi) is 4.26. The number of rotatable bonds is 6. The number of carboxylic acid groups (broad SMARTS) is 1. The maximum absolute atomic E-state index is 12.0. The van der Waals surface area contributed by atoms with Gasteiger partial charge in [-0.25, -0.2) is 0 Å². The van der Waals surface area contributed by atoms with Crippen molar-refractivity contribution in [3.05, 3.63) is 24.0 Å². The van der Waals surface area contributed by atoms with E-state index in [1.54, 1.807) is 6.07 Å². The molecule has 0 spiro atoms. The van der Waals surface area contributed by atoms with E-state index in [1.807, 2.05) is 0 Å². The molecule has 100 valence electrons. The normalized spacial score (nSPS) is 15.1. The number of carboxylic acids is 1. The molecule has 1 aromatic rings. The number of hydrogen-bond donors (Lipinski definition) is 4. The van der Waals surface area contributed by atoms with E-state index in [4.69, 9.17) is 10.2 Å². The third-order valence-corrected chi connectivity index (χ3v) is 2.88. The molecule has 6 nitrogen and oxygen atoms in total. The van der Waals surface area contributed by atoms with Gasteiger partial charge in [-0.1, -0.05) is 13.8 Å². The summed E-state index contributed by atoms with van der Waals surface area (Å²) in [6.45, 7) is 2.56. The second-order valence-electron chi connectivity index (χ2n) is 4.85. The first kappa shape index (κ1) is 14.4. The van der Waals surface area contributed by atoms with Crippen LogP contribution in [0, 0.1) is 5.41 Å². The third-order valence-electron chi connectivity index (χ3n) is 2.88. The molecule has 0 aliphatic heterocycles. The van der Waals surface area contributed by atoms with Gasteiger partial charge in [0.1, 0.15) is 6.10 Å². The van der Waals surface area contributed by atoms with E-state index in [1.165, 1.54) is 26.1 Å². The van der Waals surface area contributed by atoms with Crippen LogP contribution in [0.1, 0.15) is 25.5 Å². The van der Waals surface area contributed by atoms with Gasteiger partial charge < -0.3 is 20.3 Å². The van der Waals surface area contributed by atoms with Crippen LogP contribution in [0.2, 0.25) is 0 Å². The van der Waals surface area contributed by atoms with Crippen LogP contribution in [-0.2, 0) is 9.59 Å². The third kappa shape index (κ3) is 2.77. The molecule has 2 atom stereocenters. The summed E-state index contributed by atoms with van der Waals surface area (Å²) in [5, 5.41) is 28.1. The van der Waals surface area contributed by atoms with Crippen LogP contribution in [0.4, 0.5) is 0 Å². The summed E-state index contributed by atoms with van der Waals surface area (Å²) in [7, 11) is 0. The number of hydrogen-bond acceptors (Lipinski definition) is 4. The van der Waals surface area contributed by atoms with E-state index in [0.29, 0.717) is 0 Å². The van der Waals surface area contributed by atoms with Crippen molar-refractivity contribution in [1.82, 2.24) is 4.98 Å². The Morgan fingerprint density at radius 1 is 1.44 bits per heavy atom. The van der Waals surface area contributed by atoms with Crippen molar-refractivity contribution < 1.29 is 24.9 Å². The fourth-order valence-electron chi connectivity index (χ4n) is 1.56. The van der Waals surface area contributed by atoms with Gasteiger partial charge in [-0.2, -0.15) is 0 Å². The molecule has 0 radical (unpaired) electrons. The lowest BCUT2D eigenvalue weighted by atomic mass is 9.80. The van der Waals surface area contributed by atoms with E-state index >= 15 is 0 Å². The molecular formula is C12H17NO5. The van der Waals surface area contributed by atoms with E-state index in [-0.39, 0.29) is 5.69 Å². The molecular weight excluding hydrogens is 238 g/mol. The maximum atomic E-state index is 12.0. The second kappa shape index (κ2) is 5.32. The van der Waals surface area contributed by atoms with Crippen LogP contribution in [0.15, 0.2) is 18.3 Å². The molecule has 1 rings (SSSR count). The zero-order valence-electron chi connectivity index (χ0n) is 10.3. The minimum Gasteiger partial charge on any atom is -0.480 e. The smallest absolute Gasteiger partial charge is 0.320 e. The summed E-state index contributed by atoms with van der Waals surface area (Å²) in [5.41, 5.74) is -0.877. The number of carbonyl (C=O) groups is 2. The predicted octanol–water partition coefficient (Wildman–Crippen LogP) is 0.131. The lowest BCUT2D eigenvalue weighted by molar-refractivity contribution is -0.148. The van der Waals surface area contributed by atoms with Gasteiger partial charge in [-0.05, 0) is 12.1 Å². The number of carbonyl (C=O) groups excluding carboxylic acids is 1. The van der Waals surface area contributed by atoms with Gasteiger partial charge in [-0.15, -0.1) is 0 Å². The number of aromatic nitrogens is 1. The standard InChI is InChI=1S/C12H17NO5/c1-12(2,6-14)10(16)9(15)8(11(17)18)7-4-3-5-13-7/h3-5,8,10,13-14,16H,6H2,1-2H3,(H,17,18). The van der Waals surface area contributed by atoms with E-state index < -0.39 is 35.8 Å². The minimum atomic E-state index is -1.55. The van der Waals surface area contributed by atoms with Crippen molar-refractivity contribution in [3.8, 4) is 0 Å². The summed E-state index contributed by atoms with van der Waals surface area (Å²) in [6.07, 6.45) is -0.0471. The van der Waals surface area contributed by atoms with Crippen molar-refractivity contribution in [1.29, 1.82) is 0 Å². The summed E-state index contributed by atoms with van der Waals surface area (Å²) in [5.74, 6) is -3.64. The first-order valence-electron chi connectivity index (χ1n) is 5.50. The van der Waals surface area contributed by atoms with E-state index in [2.05, 4.69) is 4.98 Å². The Labute approximate surface area is 104 Å². The Bertz CT molecular complexity index is 424. The van der Waals surface area contributed by atoms with E-state index in [0.717, 1.165) is 0 Å². The van der Waals surface area contributed by atoms with Gasteiger partial charge in [0.05, 0.1) is 6.61 Å². The monoisotopic (exact) mass is 255 g/mol. The number of aliphatic carboxylic acids is 1. The highest BCUT2D eigenvalue weighted by atomic mass is 16.4. The van der Waals surface area contributed by atoms with Crippen molar-refractivity contribution >= 4 is 11.8 Å². The van der Waals surface area contributed by atoms with Crippen LogP contribution in [0.3, 0.4) is 0 Å². The van der Waals surface area contributed by atoms with Gasteiger partial charge >= 0.3 is 5.97 Å². The molecule has 4 N–H and O–H groups in total. The Balaban J connectivity index is 3.02. The van der Waals surface area contributed by atoms with Crippen LogP contribution < -0.4 is 0 Å². The molecule has 0 aliphatic rings. The molecule has 0 fully saturated rings. The van der Waals surface area contributed by atoms with Gasteiger partial charge in [0.25, 0.3) is 0 Å². The first-order chi connectivity index (χ1) is 8.31. The zero-order valence-corrected chi connectivity index (χ0v) is 10.3. The van der Waals surface area contributed by atoms with Gasteiger partial charge in [0, 0.05) is 17.3 Å². The predicted molar refractivity (Wildman–Crippen MR) is 63.1 cm³/mol. The van der Waals surface area contributed by atoms with Crippen LogP contribution >= 0.6 is 0 Å². The summed E-state index contributed by atoms with van der Waals surface area (Å²) in [4.78, 5) is 25.8. The Morgan fingerprint density at radius 3 is 2.44 bits per heavy atom. The molecule has 0 aromatic carbocycles. The average molecular weight is 255 g/mol. The largest absolute Gasteiger partial charge is 0.480 e. The molecule has 0 saturated heterocycles. The maximum Gasteiger partial charge on any atom is 0.320 e. The number of aromatic amines is 1. The average Bonchev–Trinajstić information content (AvgIpc) is 2.81. The van der Waals surface area contributed by atoms with Crippen molar-refractivity contribution in [2.45, 2.75) is 25.9 Å². The Morgan fingerprint density at radius 2 is 2.06 bits per heavy atom. The number of aliphatic hydroxyl groups is 2. The first-order valence-corrected chi connectivity index (χ1v) is 5.50. The molecule has 2 unspecified atom stereocenters. The zero-order chi connectivity index (χ0) is 13.9. The highest BCUT2D eigenvalue weighted by molar-refractivity contribution is 6.05. The number of ketones is 1. The van der Waals surface area contributed by atoms with Crippen molar-refractivity contribution in [2.24, 2.45) is 5.41 Å². The molecule has 18 heavy (non-hydrogen) atoms. The molecule has 0 saturated carbocycles. The molecule has 0 amide bonds. The van der Waals surface area contributed by atoms with Crippen LogP contribution in [0.5, 0.6) is 0 Å². The topological polar surface area (TPSA) is 111 Å². The van der Waals surface area contributed by atoms with Gasteiger partial charge in [0.2, 0.25) is 0 Å². The van der Waals surface area contributed by atoms with Crippen LogP contribution in [-0.4, -0.2) is 44.8 Å². The molecule has 1 heterocycles. The highest BCUT2D eigenvalue weighted by Crippen LogP contribution is 2.26. The molecule has 6 heteroatoms. The minimum absolute atomic E-state index is 0.209. The quantitative estimate of drug-likeness (QED) is 0.540.